The molecule has 0 spiro atoms. The lowest BCUT2D eigenvalue weighted by Crippen LogP contribution is -2.48. The van der Waals surface area contributed by atoms with Gasteiger partial charge in [0.25, 0.3) is 0 Å². The van der Waals surface area contributed by atoms with E-state index in [0.29, 0.717) is 12.2 Å². The highest BCUT2D eigenvalue weighted by molar-refractivity contribution is 5.82. The number of carbonyl (C=O) groups is 1. The van der Waals surface area contributed by atoms with Gasteiger partial charge in [-0.2, -0.15) is 5.26 Å². The van der Waals surface area contributed by atoms with Crippen LogP contribution in [-0.2, 0) is 11.3 Å². The van der Waals surface area contributed by atoms with Crippen LogP contribution in [-0.4, -0.2) is 36.5 Å². The lowest BCUT2D eigenvalue weighted by atomic mass is 9.86. The van der Waals surface area contributed by atoms with E-state index in [-0.39, 0.29) is 11.9 Å². The number of nitrogens with zero attached hydrogens (tertiary/aromatic N) is 2. The summed E-state index contributed by atoms with van der Waals surface area (Å²) in [5, 5.41) is 12.3. The van der Waals surface area contributed by atoms with Crippen LogP contribution in [0.25, 0.3) is 0 Å². The number of hydrogen-bond donors (Lipinski definition) is 1. The molecular weight excluding hydrogens is 386 g/mol. The third kappa shape index (κ3) is 7.11. The zero-order valence-electron chi connectivity index (χ0n) is 18.6. The molecule has 0 unspecified atom stereocenters. The number of hydrogen-bond acceptors (Lipinski definition) is 4. The number of amides is 1. The molecule has 0 radical (unpaired) electrons. The highest BCUT2D eigenvalue weighted by atomic mass is 16.5. The first-order valence-corrected chi connectivity index (χ1v) is 11.2. The maximum Gasteiger partial charge on any atom is 0.225 e. The second-order valence-electron chi connectivity index (χ2n) is 8.99. The molecule has 2 aromatic carbocycles. The van der Waals surface area contributed by atoms with Crippen molar-refractivity contribution in [1.82, 2.24) is 10.2 Å². The van der Waals surface area contributed by atoms with E-state index in [2.05, 4.69) is 22.4 Å². The van der Waals surface area contributed by atoms with Gasteiger partial charge in [-0.1, -0.05) is 44.2 Å². The summed E-state index contributed by atoms with van der Waals surface area (Å²) < 4.78 is 5.75. The SMILES string of the molecule is CC(C)(CCCOc1ccccc1)C(=O)NC1CCN(Cc2cccc(C#N)c2)CC1. The Morgan fingerprint density at radius 3 is 2.61 bits per heavy atom. The molecule has 1 aliphatic rings. The highest BCUT2D eigenvalue weighted by Crippen LogP contribution is 2.24. The van der Waals surface area contributed by atoms with Gasteiger partial charge in [-0.25, -0.2) is 0 Å². The number of para-hydroxylation sites is 1. The maximum atomic E-state index is 12.8. The number of benzene rings is 2. The maximum absolute atomic E-state index is 12.8. The Hall–Kier alpha value is -2.84. The third-order valence-electron chi connectivity index (χ3n) is 5.96. The summed E-state index contributed by atoms with van der Waals surface area (Å²) in [5.74, 6) is 1.00. The molecule has 0 bridgehead atoms. The quantitative estimate of drug-likeness (QED) is 0.607. The molecule has 1 N–H and O–H groups in total. The minimum Gasteiger partial charge on any atom is -0.494 e. The highest BCUT2D eigenvalue weighted by Gasteiger charge is 2.30. The molecular formula is C26H33N3O2. The largest absolute Gasteiger partial charge is 0.494 e. The first-order chi connectivity index (χ1) is 15.0. The fourth-order valence-electron chi connectivity index (χ4n) is 3.95. The third-order valence-corrected chi connectivity index (χ3v) is 5.96. The van der Waals surface area contributed by atoms with Crippen LogP contribution in [0.1, 0.15) is 50.7 Å². The Labute approximate surface area is 186 Å². The summed E-state index contributed by atoms with van der Waals surface area (Å²) in [6, 6.07) is 20.0. The number of rotatable bonds is 9. The number of piperidine rings is 1. The van der Waals surface area contributed by atoms with Gasteiger partial charge in [0.2, 0.25) is 5.91 Å². The fraction of sp³-hybridized carbons (Fsp3) is 0.462. The minimum atomic E-state index is -0.408. The molecule has 1 heterocycles. The smallest absolute Gasteiger partial charge is 0.225 e. The average Bonchev–Trinajstić information content (AvgIpc) is 2.79. The molecule has 0 aromatic heterocycles. The first-order valence-electron chi connectivity index (χ1n) is 11.2. The van der Waals surface area contributed by atoms with Crippen LogP contribution in [0, 0.1) is 16.7 Å². The van der Waals surface area contributed by atoms with E-state index < -0.39 is 5.41 Å². The molecule has 0 aliphatic carbocycles. The Bertz CT molecular complexity index is 881. The van der Waals surface area contributed by atoms with E-state index in [1.54, 1.807) is 0 Å². The zero-order chi connectivity index (χ0) is 22.1. The van der Waals surface area contributed by atoms with Crippen molar-refractivity contribution in [3.05, 3.63) is 65.7 Å². The summed E-state index contributed by atoms with van der Waals surface area (Å²) in [7, 11) is 0. The summed E-state index contributed by atoms with van der Waals surface area (Å²) in [6.45, 7) is 7.40. The van der Waals surface area contributed by atoms with Crippen LogP contribution < -0.4 is 10.1 Å². The summed E-state index contributed by atoms with van der Waals surface area (Å²) in [5.41, 5.74) is 1.46. The molecule has 1 fully saturated rings. The fourth-order valence-corrected chi connectivity index (χ4v) is 3.95. The lowest BCUT2D eigenvalue weighted by Gasteiger charge is -2.34. The van der Waals surface area contributed by atoms with Crippen molar-refractivity contribution < 1.29 is 9.53 Å². The lowest BCUT2D eigenvalue weighted by molar-refractivity contribution is -0.130. The Balaban J connectivity index is 1.37. The first kappa shape index (κ1) is 22.8. The monoisotopic (exact) mass is 419 g/mol. The molecule has 2 aromatic rings. The van der Waals surface area contributed by atoms with E-state index in [9.17, 15) is 4.79 Å². The van der Waals surface area contributed by atoms with E-state index in [4.69, 9.17) is 10.00 Å². The van der Waals surface area contributed by atoms with Crippen molar-refractivity contribution in [2.75, 3.05) is 19.7 Å². The summed E-state index contributed by atoms with van der Waals surface area (Å²) in [6.07, 6.45) is 3.54. The van der Waals surface area contributed by atoms with Gasteiger partial charge < -0.3 is 10.1 Å². The number of likely N-dealkylation sites (tertiary alicyclic amines) is 1. The molecule has 1 aliphatic heterocycles. The predicted molar refractivity (Wildman–Crippen MR) is 123 cm³/mol. The van der Waals surface area contributed by atoms with E-state index in [0.717, 1.165) is 51.1 Å². The molecule has 0 saturated carbocycles. The summed E-state index contributed by atoms with van der Waals surface area (Å²) in [4.78, 5) is 15.2. The molecule has 3 rings (SSSR count). The van der Waals surface area contributed by atoms with Crippen LogP contribution in [0.4, 0.5) is 0 Å². The van der Waals surface area contributed by atoms with Crippen LogP contribution in [0.2, 0.25) is 0 Å². The number of nitrogens with one attached hydrogen (secondary N) is 1. The Morgan fingerprint density at radius 1 is 1.16 bits per heavy atom. The van der Waals surface area contributed by atoms with Crippen molar-refractivity contribution in [3.63, 3.8) is 0 Å². The van der Waals surface area contributed by atoms with Gasteiger partial charge >= 0.3 is 0 Å². The minimum absolute atomic E-state index is 0.132. The van der Waals surface area contributed by atoms with Crippen LogP contribution in [0.3, 0.4) is 0 Å². The molecule has 1 saturated heterocycles. The van der Waals surface area contributed by atoms with Gasteiger partial charge in [-0.05, 0) is 55.5 Å². The van der Waals surface area contributed by atoms with Gasteiger partial charge in [0.1, 0.15) is 5.75 Å². The van der Waals surface area contributed by atoms with Crippen LogP contribution in [0.5, 0.6) is 5.75 Å². The van der Waals surface area contributed by atoms with Gasteiger partial charge in [-0.3, -0.25) is 9.69 Å². The van der Waals surface area contributed by atoms with Crippen molar-refractivity contribution in [3.8, 4) is 11.8 Å². The van der Waals surface area contributed by atoms with Crippen molar-refractivity contribution in [1.29, 1.82) is 5.26 Å². The molecule has 5 nitrogen and oxygen atoms in total. The van der Waals surface area contributed by atoms with Gasteiger partial charge in [0.15, 0.2) is 0 Å². The van der Waals surface area contributed by atoms with Gasteiger partial charge in [0.05, 0.1) is 18.2 Å². The van der Waals surface area contributed by atoms with Gasteiger partial charge in [-0.15, -0.1) is 0 Å². The van der Waals surface area contributed by atoms with E-state index in [1.165, 1.54) is 5.56 Å². The van der Waals surface area contributed by atoms with E-state index >= 15 is 0 Å². The van der Waals surface area contributed by atoms with Crippen molar-refractivity contribution in [2.45, 2.75) is 52.1 Å². The number of ether oxygens (including phenoxy) is 1. The normalized spacial score (nSPS) is 15.3. The standard InChI is InChI=1S/C26H33N3O2/c1-26(2,14-7-17-31-24-10-4-3-5-11-24)25(30)28-23-12-15-29(16-13-23)20-22-9-6-8-21(18-22)19-27/h3-6,8-11,18,23H,7,12-17,20H2,1-2H3,(H,28,30). The van der Waals surface area contributed by atoms with Crippen LogP contribution >= 0.6 is 0 Å². The Morgan fingerprint density at radius 2 is 1.90 bits per heavy atom. The van der Waals surface area contributed by atoms with Crippen molar-refractivity contribution in [2.24, 2.45) is 5.41 Å². The molecule has 0 atom stereocenters. The number of nitriles is 1. The van der Waals surface area contributed by atoms with E-state index in [1.807, 2.05) is 62.4 Å². The molecule has 1 amide bonds. The van der Waals surface area contributed by atoms with Crippen LogP contribution in [0.15, 0.2) is 54.6 Å². The zero-order valence-corrected chi connectivity index (χ0v) is 18.6. The van der Waals surface area contributed by atoms with Crippen molar-refractivity contribution >= 4 is 5.91 Å². The second-order valence-corrected chi connectivity index (χ2v) is 8.99. The summed E-state index contributed by atoms with van der Waals surface area (Å²) >= 11 is 0. The molecule has 5 heteroatoms. The topological polar surface area (TPSA) is 65.4 Å². The second kappa shape index (κ2) is 11.0. The Kier molecular flexibility index (Phi) is 8.08. The van der Waals surface area contributed by atoms with Gasteiger partial charge in [0, 0.05) is 31.1 Å². The predicted octanol–water partition coefficient (Wildman–Crippen LogP) is 4.52. The number of carbonyl (C=O) groups excluding carboxylic acids is 1. The molecule has 164 valence electrons. The average molecular weight is 420 g/mol. The molecule has 31 heavy (non-hydrogen) atoms.